The van der Waals surface area contributed by atoms with Crippen LogP contribution in [0.1, 0.15) is 40.0 Å². The standard InChI is InChI=1S/C10H19NO6S/c1-10(2,3)18(16,17)11-7(9(14)15)5-4-6-8(12)13/h7,11H,4-6H2,1-3H3,(H,12,13)(H,14,15)/t7-/m1/s1. The fraction of sp³-hybridized carbons (Fsp3) is 0.800. The Kier molecular flexibility index (Phi) is 5.75. The lowest BCUT2D eigenvalue weighted by atomic mass is 10.1. The third-order valence-electron chi connectivity index (χ3n) is 2.29. The molecular weight excluding hydrogens is 262 g/mol. The van der Waals surface area contributed by atoms with Gasteiger partial charge in [-0.3, -0.25) is 9.59 Å². The maximum atomic E-state index is 11.8. The summed E-state index contributed by atoms with van der Waals surface area (Å²) in [5.41, 5.74) is 0. The van der Waals surface area contributed by atoms with E-state index in [2.05, 4.69) is 4.72 Å². The van der Waals surface area contributed by atoms with E-state index in [-0.39, 0.29) is 19.3 Å². The first-order valence-corrected chi connectivity index (χ1v) is 6.92. The van der Waals surface area contributed by atoms with E-state index in [0.29, 0.717) is 0 Å². The fourth-order valence-corrected chi connectivity index (χ4v) is 2.00. The van der Waals surface area contributed by atoms with Crippen LogP contribution in [0.15, 0.2) is 0 Å². The largest absolute Gasteiger partial charge is 0.481 e. The zero-order valence-electron chi connectivity index (χ0n) is 10.6. The van der Waals surface area contributed by atoms with Gasteiger partial charge >= 0.3 is 11.9 Å². The summed E-state index contributed by atoms with van der Waals surface area (Å²) in [6, 6.07) is -1.30. The minimum atomic E-state index is -3.77. The molecule has 0 aromatic heterocycles. The molecule has 8 heteroatoms. The van der Waals surface area contributed by atoms with Gasteiger partial charge in [-0.1, -0.05) is 0 Å². The molecule has 0 aliphatic carbocycles. The monoisotopic (exact) mass is 281 g/mol. The van der Waals surface area contributed by atoms with Gasteiger partial charge in [0.15, 0.2) is 0 Å². The molecule has 0 aromatic carbocycles. The molecule has 0 aliphatic rings. The average molecular weight is 281 g/mol. The molecule has 0 saturated heterocycles. The number of carbonyl (C=O) groups is 2. The van der Waals surface area contributed by atoms with Gasteiger partial charge in [0.1, 0.15) is 6.04 Å². The van der Waals surface area contributed by atoms with Crippen molar-refractivity contribution in [1.82, 2.24) is 4.72 Å². The number of carboxylic acids is 2. The molecule has 0 saturated carbocycles. The predicted molar refractivity (Wildman–Crippen MR) is 64.7 cm³/mol. The lowest BCUT2D eigenvalue weighted by Gasteiger charge is -2.23. The summed E-state index contributed by atoms with van der Waals surface area (Å²) >= 11 is 0. The van der Waals surface area contributed by atoms with E-state index < -0.39 is 32.8 Å². The van der Waals surface area contributed by atoms with Gasteiger partial charge in [0.2, 0.25) is 10.0 Å². The Morgan fingerprint density at radius 3 is 2.06 bits per heavy atom. The number of hydrogen-bond donors (Lipinski definition) is 3. The smallest absolute Gasteiger partial charge is 0.321 e. The van der Waals surface area contributed by atoms with Crippen molar-refractivity contribution in [1.29, 1.82) is 0 Å². The van der Waals surface area contributed by atoms with Crippen LogP contribution >= 0.6 is 0 Å². The molecule has 0 aliphatic heterocycles. The van der Waals surface area contributed by atoms with Crippen LogP contribution in [0.3, 0.4) is 0 Å². The minimum absolute atomic E-state index is 0.0586. The molecule has 0 radical (unpaired) electrons. The highest BCUT2D eigenvalue weighted by molar-refractivity contribution is 7.90. The van der Waals surface area contributed by atoms with E-state index in [1.807, 2.05) is 0 Å². The molecule has 0 amide bonds. The molecule has 0 rings (SSSR count). The second kappa shape index (κ2) is 6.14. The van der Waals surface area contributed by atoms with Gasteiger partial charge in [0, 0.05) is 6.42 Å². The lowest BCUT2D eigenvalue weighted by molar-refractivity contribution is -0.140. The third kappa shape index (κ3) is 5.46. The second-order valence-corrected chi connectivity index (χ2v) is 7.38. The first-order valence-electron chi connectivity index (χ1n) is 5.44. The van der Waals surface area contributed by atoms with E-state index >= 15 is 0 Å². The van der Waals surface area contributed by atoms with Gasteiger partial charge in [-0.15, -0.1) is 0 Å². The van der Waals surface area contributed by atoms with Crippen LogP contribution in [-0.4, -0.2) is 41.4 Å². The Morgan fingerprint density at radius 2 is 1.72 bits per heavy atom. The molecule has 0 aromatic rings. The van der Waals surface area contributed by atoms with Crippen LogP contribution < -0.4 is 4.72 Å². The molecule has 3 N–H and O–H groups in total. The Labute approximate surface area is 106 Å². The third-order valence-corrected chi connectivity index (χ3v) is 4.49. The Morgan fingerprint density at radius 1 is 1.22 bits per heavy atom. The van der Waals surface area contributed by atoms with Crippen LogP contribution in [-0.2, 0) is 19.6 Å². The van der Waals surface area contributed by atoms with Crippen molar-refractivity contribution in [2.75, 3.05) is 0 Å². The average Bonchev–Trinajstić information content (AvgIpc) is 2.13. The summed E-state index contributed by atoms with van der Waals surface area (Å²) in [5.74, 6) is -2.36. The highest BCUT2D eigenvalue weighted by Gasteiger charge is 2.33. The van der Waals surface area contributed by atoms with Crippen molar-refractivity contribution in [2.24, 2.45) is 0 Å². The lowest BCUT2D eigenvalue weighted by Crippen LogP contribution is -2.47. The molecule has 0 heterocycles. The maximum Gasteiger partial charge on any atom is 0.321 e. The SMILES string of the molecule is CC(C)(C)S(=O)(=O)N[C@H](CCCC(=O)O)C(=O)O. The van der Waals surface area contributed by atoms with Crippen LogP contribution in [0.2, 0.25) is 0 Å². The summed E-state index contributed by atoms with van der Waals surface area (Å²) in [4.78, 5) is 21.2. The molecular formula is C10H19NO6S. The topological polar surface area (TPSA) is 121 Å². The first kappa shape index (κ1) is 16.9. The molecule has 7 nitrogen and oxygen atoms in total. The number of carboxylic acid groups (broad SMARTS) is 2. The zero-order valence-corrected chi connectivity index (χ0v) is 11.5. The summed E-state index contributed by atoms with van der Waals surface area (Å²) < 4.78 is 24.5. The molecule has 106 valence electrons. The maximum absolute atomic E-state index is 11.8. The van der Waals surface area contributed by atoms with Crippen LogP contribution in [0.5, 0.6) is 0 Å². The first-order chi connectivity index (χ1) is 7.97. The number of rotatable bonds is 7. The predicted octanol–water partition coefficient (Wildman–Crippen LogP) is 0.412. The van der Waals surface area contributed by atoms with E-state index in [1.165, 1.54) is 20.8 Å². The van der Waals surface area contributed by atoms with Crippen molar-refractivity contribution in [3.05, 3.63) is 0 Å². The number of aliphatic carboxylic acids is 2. The van der Waals surface area contributed by atoms with Crippen molar-refractivity contribution >= 4 is 22.0 Å². The van der Waals surface area contributed by atoms with Crippen molar-refractivity contribution < 1.29 is 28.2 Å². The summed E-state index contributed by atoms with van der Waals surface area (Å²) in [6.45, 7) is 4.35. The summed E-state index contributed by atoms with van der Waals surface area (Å²) in [6.07, 6.45) is -0.156. The number of hydrogen-bond acceptors (Lipinski definition) is 4. The molecule has 0 fully saturated rings. The van der Waals surface area contributed by atoms with Gasteiger partial charge in [0.05, 0.1) is 4.75 Å². The molecule has 1 atom stereocenters. The summed E-state index contributed by atoms with van der Waals surface area (Å²) in [5, 5.41) is 17.3. The van der Waals surface area contributed by atoms with E-state index in [4.69, 9.17) is 10.2 Å². The van der Waals surface area contributed by atoms with E-state index in [0.717, 1.165) is 0 Å². The van der Waals surface area contributed by atoms with Gasteiger partial charge in [-0.2, -0.15) is 0 Å². The molecule has 18 heavy (non-hydrogen) atoms. The molecule has 0 bridgehead atoms. The minimum Gasteiger partial charge on any atom is -0.481 e. The number of nitrogens with one attached hydrogen (secondary N) is 1. The van der Waals surface area contributed by atoms with Gasteiger partial charge in [0.25, 0.3) is 0 Å². The second-order valence-electron chi connectivity index (χ2n) is 4.91. The highest BCUT2D eigenvalue weighted by Crippen LogP contribution is 2.15. The zero-order chi connectivity index (χ0) is 14.6. The van der Waals surface area contributed by atoms with Crippen LogP contribution in [0.25, 0.3) is 0 Å². The Balaban J connectivity index is 4.65. The highest BCUT2D eigenvalue weighted by atomic mass is 32.2. The molecule has 0 unspecified atom stereocenters. The van der Waals surface area contributed by atoms with Gasteiger partial charge < -0.3 is 10.2 Å². The van der Waals surface area contributed by atoms with E-state index in [1.54, 1.807) is 0 Å². The van der Waals surface area contributed by atoms with Crippen LogP contribution in [0, 0.1) is 0 Å². The van der Waals surface area contributed by atoms with Gasteiger partial charge in [-0.05, 0) is 33.6 Å². The van der Waals surface area contributed by atoms with Crippen molar-refractivity contribution in [2.45, 2.75) is 50.8 Å². The van der Waals surface area contributed by atoms with Crippen LogP contribution in [0.4, 0.5) is 0 Å². The van der Waals surface area contributed by atoms with E-state index in [9.17, 15) is 18.0 Å². The normalized spacial score (nSPS) is 14.2. The van der Waals surface area contributed by atoms with Gasteiger partial charge in [-0.25, -0.2) is 13.1 Å². The Bertz CT molecular complexity index is 409. The quantitative estimate of drug-likeness (QED) is 0.621. The van der Waals surface area contributed by atoms with Crippen molar-refractivity contribution in [3.63, 3.8) is 0 Å². The van der Waals surface area contributed by atoms with Crippen molar-refractivity contribution in [3.8, 4) is 0 Å². The Hall–Kier alpha value is -1.15. The molecule has 0 spiro atoms. The summed E-state index contributed by atoms with van der Waals surface area (Å²) in [7, 11) is -3.77. The number of sulfonamides is 1. The fourth-order valence-electron chi connectivity index (χ4n) is 1.05.